The van der Waals surface area contributed by atoms with Crippen molar-refractivity contribution < 1.29 is 14.4 Å². The molecule has 2 saturated heterocycles. The fourth-order valence-electron chi connectivity index (χ4n) is 3.07. The van der Waals surface area contributed by atoms with Gasteiger partial charge in [0.2, 0.25) is 5.91 Å². The van der Waals surface area contributed by atoms with Crippen LogP contribution in [-0.2, 0) is 16.1 Å². The van der Waals surface area contributed by atoms with Crippen LogP contribution in [0, 0.1) is 0 Å². The average Bonchev–Trinajstić information content (AvgIpc) is 2.81. The van der Waals surface area contributed by atoms with Crippen LogP contribution in [0.1, 0.15) is 37.7 Å². The van der Waals surface area contributed by atoms with Crippen molar-refractivity contribution >= 4 is 23.7 Å². The predicted octanol–water partition coefficient (Wildman–Crippen LogP) is 0.676. The van der Waals surface area contributed by atoms with E-state index in [-0.39, 0.29) is 12.3 Å². The van der Waals surface area contributed by atoms with Crippen LogP contribution >= 0.6 is 0 Å². The summed E-state index contributed by atoms with van der Waals surface area (Å²) in [6.07, 6.45) is 6.65. The lowest BCUT2D eigenvalue weighted by molar-refractivity contribution is -0.126. The van der Waals surface area contributed by atoms with E-state index in [4.69, 9.17) is 0 Å². The molecule has 8 nitrogen and oxygen atoms in total. The Balaban J connectivity index is 1.47. The number of nitrogens with one attached hydrogen (secondary N) is 3. The lowest BCUT2D eigenvalue weighted by Gasteiger charge is -2.21. The number of nitrogens with zero attached hydrogens (tertiary/aromatic N) is 2. The van der Waals surface area contributed by atoms with Crippen molar-refractivity contribution in [3.63, 3.8) is 0 Å². The summed E-state index contributed by atoms with van der Waals surface area (Å²) >= 11 is 0. The molecule has 8 heteroatoms. The molecule has 2 aliphatic rings. The van der Waals surface area contributed by atoms with Gasteiger partial charge in [-0.1, -0.05) is 18.9 Å². The van der Waals surface area contributed by atoms with Gasteiger partial charge in [-0.05, 0) is 24.5 Å². The summed E-state index contributed by atoms with van der Waals surface area (Å²) in [6, 6.07) is 2.58. The van der Waals surface area contributed by atoms with Gasteiger partial charge < -0.3 is 15.5 Å². The van der Waals surface area contributed by atoms with Crippen LogP contribution in [0.5, 0.6) is 0 Å². The highest BCUT2D eigenvalue weighted by molar-refractivity contribution is 6.05. The van der Waals surface area contributed by atoms with Gasteiger partial charge in [0.05, 0.1) is 6.42 Å². The van der Waals surface area contributed by atoms with E-state index in [1.807, 2.05) is 12.1 Å². The molecule has 3 N–H and O–H groups in total. The molecule has 4 amide bonds. The minimum Gasteiger partial charge on any atom is -0.357 e. The number of hydrogen-bond donors (Lipinski definition) is 3. The number of urea groups is 1. The van der Waals surface area contributed by atoms with E-state index in [9.17, 15) is 14.4 Å². The number of rotatable bonds is 5. The van der Waals surface area contributed by atoms with Crippen LogP contribution in [-0.4, -0.2) is 42.0 Å². The predicted molar refractivity (Wildman–Crippen MR) is 91.8 cm³/mol. The minimum atomic E-state index is -0.795. The molecule has 0 aliphatic carbocycles. The molecule has 0 radical (unpaired) electrons. The molecule has 1 atom stereocenters. The Kier molecular flexibility index (Phi) is 5.47. The van der Waals surface area contributed by atoms with E-state index in [1.165, 1.54) is 25.7 Å². The number of carbonyl (C=O) groups excluding carboxylic acids is 3. The van der Waals surface area contributed by atoms with E-state index < -0.39 is 18.0 Å². The second kappa shape index (κ2) is 7.96. The third kappa shape index (κ3) is 4.68. The summed E-state index contributed by atoms with van der Waals surface area (Å²) in [4.78, 5) is 41.1. The standard InChI is InChI=1S/C17H23N5O3/c23-15(9-13-16(24)21-17(25)20-13)19-11-12-5-6-14(18-10-12)22-7-3-1-2-4-8-22/h5-6,10,13H,1-4,7-9,11H2,(H,19,23)(H2,20,21,24,25). The highest BCUT2D eigenvalue weighted by atomic mass is 16.2. The molecule has 0 spiro atoms. The minimum absolute atomic E-state index is 0.0726. The number of pyridine rings is 1. The van der Waals surface area contributed by atoms with E-state index in [0.29, 0.717) is 6.54 Å². The molecule has 1 unspecified atom stereocenters. The smallest absolute Gasteiger partial charge is 0.322 e. The van der Waals surface area contributed by atoms with Gasteiger partial charge in [0.15, 0.2) is 0 Å². The second-order valence-electron chi connectivity index (χ2n) is 6.42. The Morgan fingerprint density at radius 2 is 1.96 bits per heavy atom. The zero-order chi connectivity index (χ0) is 17.6. The van der Waals surface area contributed by atoms with E-state index in [1.54, 1.807) is 6.20 Å². The van der Waals surface area contributed by atoms with Gasteiger partial charge in [0, 0.05) is 25.8 Å². The summed E-state index contributed by atoms with van der Waals surface area (Å²) in [6.45, 7) is 2.42. The summed E-state index contributed by atoms with van der Waals surface area (Å²) in [5.74, 6) is 0.213. The van der Waals surface area contributed by atoms with Crippen LogP contribution < -0.4 is 20.9 Å². The van der Waals surface area contributed by atoms with Crippen LogP contribution in [0.15, 0.2) is 18.3 Å². The molecule has 134 valence electrons. The Morgan fingerprint density at radius 1 is 1.20 bits per heavy atom. The summed E-state index contributed by atoms with van der Waals surface area (Å²) in [5, 5.41) is 7.25. The number of amides is 4. The normalized spacial score (nSPS) is 20.6. The fraction of sp³-hybridized carbons (Fsp3) is 0.529. The molecule has 0 bridgehead atoms. The lowest BCUT2D eigenvalue weighted by atomic mass is 10.2. The van der Waals surface area contributed by atoms with Crippen molar-refractivity contribution in [1.82, 2.24) is 20.9 Å². The largest absolute Gasteiger partial charge is 0.357 e. The first-order chi connectivity index (χ1) is 12.1. The first kappa shape index (κ1) is 17.2. The molecule has 1 aromatic heterocycles. The third-order valence-electron chi connectivity index (χ3n) is 4.48. The monoisotopic (exact) mass is 345 g/mol. The third-order valence-corrected chi connectivity index (χ3v) is 4.48. The number of aromatic nitrogens is 1. The summed E-state index contributed by atoms with van der Waals surface area (Å²) in [5.41, 5.74) is 0.895. The van der Waals surface area contributed by atoms with Gasteiger partial charge in [-0.25, -0.2) is 9.78 Å². The lowest BCUT2D eigenvalue weighted by Crippen LogP contribution is -2.36. The fourth-order valence-corrected chi connectivity index (χ4v) is 3.07. The van der Waals surface area contributed by atoms with Crippen molar-refractivity contribution in [3.8, 4) is 0 Å². The molecule has 3 rings (SSSR count). The van der Waals surface area contributed by atoms with Crippen LogP contribution in [0.3, 0.4) is 0 Å². The van der Waals surface area contributed by atoms with Gasteiger partial charge in [-0.15, -0.1) is 0 Å². The van der Waals surface area contributed by atoms with E-state index in [0.717, 1.165) is 24.5 Å². The highest BCUT2D eigenvalue weighted by Gasteiger charge is 2.31. The Hall–Kier alpha value is -2.64. The van der Waals surface area contributed by atoms with Gasteiger partial charge >= 0.3 is 6.03 Å². The summed E-state index contributed by atoms with van der Waals surface area (Å²) < 4.78 is 0. The van der Waals surface area contributed by atoms with Crippen molar-refractivity contribution in [1.29, 1.82) is 0 Å². The Morgan fingerprint density at radius 3 is 2.56 bits per heavy atom. The van der Waals surface area contributed by atoms with Crippen molar-refractivity contribution in [3.05, 3.63) is 23.9 Å². The molecule has 3 heterocycles. The van der Waals surface area contributed by atoms with Crippen LogP contribution in [0.4, 0.5) is 10.6 Å². The number of imide groups is 1. The maximum Gasteiger partial charge on any atom is 0.322 e. The molecule has 0 saturated carbocycles. The molecule has 0 aromatic carbocycles. The SMILES string of the molecule is O=C(CC1NC(=O)NC1=O)NCc1ccc(N2CCCCCC2)nc1. The zero-order valence-corrected chi connectivity index (χ0v) is 14.1. The molecule has 2 fully saturated rings. The quantitative estimate of drug-likeness (QED) is 0.681. The van der Waals surface area contributed by atoms with Gasteiger partial charge in [0.1, 0.15) is 11.9 Å². The Labute approximate surface area is 146 Å². The van der Waals surface area contributed by atoms with Crippen molar-refractivity contribution in [2.45, 2.75) is 44.7 Å². The number of carbonyl (C=O) groups is 3. The van der Waals surface area contributed by atoms with Crippen molar-refractivity contribution in [2.24, 2.45) is 0 Å². The van der Waals surface area contributed by atoms with Crippen LogP contribution in [0.2, 0.25) is 0 Å². The topological polar surface area (TPSA) is 103 Å². The van der Waals surface area contributed by atoms with E-state index in [2.05, 4.69) is 25.8 Å². The average molecular weight is 345 g/mol. The van der Waals surface area contributed by atoms with Crippen LogP contribution in [0.25, 0.3) is 0 Å². The maximum atomic E-state index is 11.9. The first-order valence-electron chi connectivity index (χ1n) is 8.70. The molecular weight excluding hydrogens is 322 g/mol. The summed E-state index contributed by atoms with van der Waals surface area (Å²) in [7, 11) is 0. The van der Waals surface area contributed by atoms with Gasteiger partial charge in [0.25, 0.3) is 5.91 Å². The number of anilines is 1. The molecular formula is C17H23N5O3. The molecule has 1 aromatic rings. The van der Waals surface area contributed by atoms with Gasteiger partial charge in [-0.2, -0.15) is 0 Å². The highest BCUT2D eigenvalue weighted by Crippen LogP contribution is 2.17. The van der Waals surface area contributed by atoms with Gasteiger partial charge in [-0.3, -0.25) is 14.9 Å². The van der Waals surface area contributed by atoms with Crippen molar-refractivity contribution in [2.75, 3.05) is 18.0 Å². The number of hydrogen-bond acceptors (Lipinski definition) is 5. The second-order valence-corrected chi connectivity index (χ2v) is 6.42. The maximum absolute atomic E-state index is 11.9. The molecule has 2 aliphatic heterocycles. The van der Waals surface area contributed by atoms with E-state index >= 15 is 0 Å². The first-order valence-corrected chi connectivity index (χ1v) is 8.70. The molecule has 25 heavy (non-hydrogen) atoms. The Bertz CT molecular complexity index is 638. The zero-order valence-electron chi connectivity index (χ0n) is 14.1.